The van der Waals surface area contributed by atoms with Crippen molar-refractivity contribution in [1.82, 2.24) is 0 Å². The number of carboxylic acids is 1. The lowest BCUT2D eigenvalue weighted by Gasteiger charge is -2.29. The van der Waals surface area contributed by atoms with Crippen LogP contribution < -0.4 is 10.2 Å². The number of halogens is 8. The third-order valence-electron chi connectivity index (χ3n) is 7.66. The molecule has 0 aromatic heterocycles. The van der Waals surface area contributed by atoms with Gasteiger partial charge in [0.1, 0.15) is 0 Å². The van der Waals surface area contributed by atoms with E-state index in [4.69, 9.17) is 28.3 Å². The molecule has 0 radical (unpaired) electrons. The molecule has 0 aliphatic heterocycles. The second-order valence-electron chi connectivity index (χ2n) is 12.6. The van der Waals surface area contributed by atoms with Crippen molar-refractivity contribution in [3.8, 4) is 0 Å². The number of rotatable bonds is 8. The zero-order valence-electron chi connectivity index (χ0n) is 29.5. The molecule has 53 heavy (non-hydrogen) atoms. The molecule has 0 fully saturated rings. The SMILES string of the molecule is CC(C)N(C(=O)c1ccc(C(C)(O)C(F)(F)F)cc1)c1ccccc1Cl.CC(C)Nc1ccccc1Cl.CC(O)(c1ccc(C(=O)O)cc1)C(F)(F)F. The highest BCUT2D eigenvalue weighted by Crippen LogP contribution is 2.39. The minimum Gasteiger partial charge on any atom is -0.478 e. The van der Waals surface area contributed by atoms with Gasteiger partial charge in [-0.2, -0.15) is 26.3 Å². The Morgan fingerprint density at radius 3 is 1.40 bits per heavy atom. The van der Waals surface area contributed by atoms with Crippen molar-refractivity contribution < 1.29 is 51.3 Å². The smallest absolute Gasteiger partial charge is 0.421 e. The van der Waals surface area contributed by atoms with Crippen LogP contribution in [0.15, 0.2) is 97.1 Å². The Kier molecular flexibility index (Phi) is 15.4. The van der Waals surface area contributed by atoms with E-state index in [1.165, 1.54) is 17.0 Å². The number of carboxylic acid groups (broad SMARTS) is 1. The number of hydrogen-bond acceptors (Lipinski definition) is 5. The predicted octanol–water partition coefficient (Wildman–Crippen LogP) is 10.5. The number of para-hydroxylation sites is 2. The number of aromatic carboxylic acids is 1. The van der Waals surface area contributed by atoms with Crippen LogP contribution in [-0.2, 0) is 11.2 Å². The van der Waals surface area contributed by atoms with Crippen molar-refractivity contribution in [1.29, 1.82) is 0 Å². The maximum Gasteiger partial charge on any atom is 0.421 e. The molecule has 0 saturated carbocycles. The van der Waals surface area contributed by atoms with Gasteiger partial charge in [0.05, 0.1) is 27.0 Å². The maximum atomic E-state index is 12.9. The van der Waals surface area contributed by atoms with Crippen molar-refractivity contribution in [3.63, 3.8) is 0 Å². The molecule has 0 bridgehead atoms. The van der Waals surface area contributed by atoms with Gasteiger partial charge in [0.25, 0.3) is 5.91 Å². The summed E-state index contributed by atoms with van der Waals surface area (Å²) < 4.78 is 76.1. The van der Waals surface area contributed by atoms with Gasteiger partial charge in [-0.15, -0.1) is 0 Å². The van der Waals surface area contributed by atoms with E-state index in [2.05, 4.69) is 19.2 Å². The number of carbonyl (C=O) groups is 2. The predicted molar refractivity (Wildman–Crippen MR) is 195 cm³/mol. The van der Waals surface area contributed by atoms with Crippen LogP contribution in [0.4, 0.5) is 37.7 Å². The number of nitrogens with one attached hydrogen (secondary N) is 1. The molecule has 1 amide bonds. The van der Waals surface area contributed by atoms with Crippen LogP contribution in [-0.4, -0.2) is 51.6 Å². The van der Waals surface area contributed by atoms with E-state index in [9.17, 15) is 46.1 Å². The van der Waals surface area contributed by atoms with E-state index < -0.39 is 41.0 Å². The third-order valence-corrected chi connectivity index (χ3v) is 8.31. The molecule has 0 aliphatic carbocycles. The normalized spacial score (nSPS) is 13.8. The highest BCUT2D eigenvalue weighted by Gasteiger charge is 2.52. The van der Waals surface area contributed by atoms with Crippen molar-refractivity contribution in [2.45, 2.75) is 77.2 Å². The minimum absolute atomic E-state index is 0.137. The van der Waals surface area contributed by atoms with Gasteiger partial charge in [0.2, 0.25) is 0 Å². The Morgan fingerprint density at radius 1 is 0.642 bits per heavy atom. The number of alkyl halides is 6. The molecule has 288 valence electrons. The fourth-order valence-electron chi connectivity index (χ4n) is 4.50. The van der Waals surface area contributed by atoms with Crippen LogP contribution in [0.3, 0.4) is 0 Å². The van der Waals surface area contributed by atoms with E-state index in [0.29, 0.717) is 30.6 Å². The molecule has 0 saturated heterocycles. The van der Waals surface area contributed by atoms with E-state index in [1.54, 1.807) is 24.3 Å². The van der Waals surface area contributed by atoms with Gasteiger partial charge >= 0.3 is 18.3 Å². The Morgan fingerprint density at radius 2 is 1.04 bits per heavy atom. The quantitative estimate of drug-likeness (QED) is 0.132. The Balaban J connectivity index is 0.000000305. The summed E-state index contributed by atoms with van der Waals surface area (Å²) in [6, 6.07) is 23.4. The lowest BCUT2D eigenvalue weighted by molar-refractivity contribution is -0.259. The van der Waals surface area contributed by atoms with E-state index in [0.717, 1.165) is 47.1 Å². The van der Waals surface area contributed by atoms with E-state index >= 15 is 0 Å². The highest BCUT2D eigenvalue weighted by molar-refractivity contribution is 6.34. The molecule has 2 unspecified atom stereocenters. The topological polar surface area (TPSA) is 110 Å². The van der Waals surface area contributed by atoms with Crippen LogP contribution in [0.25, 0.3) is 0 Å². The second kappa shape index (κ2) is 18.2. The lowest BCUT2D eigenvalue weighted by Crippen LogP contribution is -2.39. The summed E-state index contributed by atoms with van der Waals surface area (Å²) in [5.41, 5.74) is -5.13. The molecule has 15 heteroatoms. The van der Waals surface area contributed by atoms with Crippen molar-refractivity contribution in [2.75, 3.05) is 10.2 Å². The highest BCUT2D eigenvalue weighted by atomic mass is 35.5. The Labute approximate surface area is 313 Å². The molecule has 2 atom stereocenters. The first-order valence-corrected chi connectivity index (χ1v) is 16.7. The maximum absolute atomic E-state index is 12.9. The lowest BCUT2D eigenvalue weighted by atomic mass is 9.94. The molecule has 7 nitrogen and oxygen atoms in total. The molecule has 0 spiro atoms. The molecule has 4 N–H and O–H groups in total. The van der Waals surface area contributed by atoms with Gasteiger partial charge < -0.3 is 25.5 Å². The second-order valence-corrected chi connectivity index (χ2v) is 13.4. The van der Waals surface area contributed by atoms with Crippen molar-refractivity contribution in [3.05, 3.63) is 129 Å². The molecular weight excluding hydrogens is 749 g/mol. The van der Waals surface area contributed by atoms with Crippen LogP contribution in [0.5, 0.6) is 0 Å². The van der Waals surface area contributed by atoms with Gasteiger partial charge in [-0.25, -0.2) is 4.79 Å². The summed E-state index contributed by atoms with van der Waals surface area (Å²) in [5.74, 6) is -1.63. The van der Waals surface area contributed by atoms with Gasteiger partial charge in [-0.3, -0.25) is 4.79 Å². The number of benzene rings is 4. The zero-order chi connectivity index (χ0) is 40.5. The van der Waals surface area contributed by atoms with Gasteiger partial charge in [0, 0.05) is 17.6 Å². The first kappa shape index (κ1) is 44.9. The number of amides is 1. The average Bonchev–Trinajstić information content (AvgIpc) is 3.06. The number of hydrogen-bond donors (Lipinski definition) is 4. The van der Waals surface area contributed by atoms with Crippen LogP contribution in [0.2, 0.25) is 10.0 Å². The minimum atomic E-state index is -4.82. The molecular formula is C38H40Cl2F6N2O5. The van der Waals surface area contributed by atoms with Crippen molar-refractivity contribution >= 4 is 46.5 Å². The van der Waals surface area contributed by atoms with E-state index in [1.807, 2.05) is 38.1 Å². The number of anilines is 2. The number of carbonyl (C=O) groups excluding carboxylic acids is 1. The Hall–Kier alpha value is -4.30. The van der Waals surface area contributed by atoms with Crippen LogP contribution >= 0.6 is 23.2 Å². The van der Waals surface area contributed by atoms with Crippen LogP contribution in [0, 0.1) is 0 Å². The largest absolute Gasteiger partial charge is 0.478 e. The summed E-state index contributed by atoms with van der Waals surface area (Å²) in [6.07, 6.45) is -9.63. The Bertz CT molecular complexity index is 1810. The molecule has 4 aromatic carbocycles. The fraction of sp³-hybridized carbons (Fsp3) is 0.316. The standard InChI is InChI=1S/C19H19ClF3NO2.C10H9F3O3.C9H12ClN/c1-12(2)24(16-7-5-4-6-15(16)20)17(25)13-8-10-14(11-9-13)18(3,26)19(21,22)23;1-9(16,10(11,12)13)7-4-2-6(3-5-7)8(14)15;1-7(2)11-9-6-4-3-5-8(9)10/h4-12,26H,1-3H3;2-5,16H,1H3,(H,14,15);3-7,11H,1-2H3. The zero-order valence-corrected chi connectivity index (χ0v) is 31.0. The van der Waals surface area contributed by atoms with Gasteiger partial charge in [-0.05, 0) is 101 Å². The molecule has 0 heterocycles. The summed E-state index contributed by atoms with van der Waals surface area (Å²) in [5, 5.41) is 32.0. The molecule has 4 rings (SSSR count). The number of aliphatic hydroxyl groups is 2. The summed E-state index contributed by atoms with van der Waals surface area (Å²) in [6.45, 7) is 9.08. The molecule has 0 aliphatic rings. The van der Waals surface area contributed by atoms with Gasteiger partial charge in [0.15, 0.2) is 11.2 Å². The average molecular weight is 790 g/mol. The molecule has 4 aromatic rings. The first-order chi connectivity index (χ1) is 24.3. The van der Waals surface area contributed by atoms with Crippen molar-refractivity contribution in [2.24, 2.45) is 0 Å². The summed E-state index contributed by atoms with van der Waals surface area (Å²) in [7, 11) is 0. The fourth-order valence-corrected chi connectivity index (χ4v) is 4.92. The summed E-state index contributed by atoms with van der Waals surface area (Å²) in [4.78, 5) is 24.8. The van der Waals surface area contributed by atoms with Crippen LogP contribution in [0.1, 0.15) is 73.4 Å². The first-order valence-electron chi connectivity index (χ1n) is 15.9. The van der Waals surface area contributed by atoms with E-state index in [-0.39, 0.29) is 22.7 Å². The third kappa shape index (κ3) is 11.8. The number of nitrogens with zero attached hydrogens (tertiary/aromatic N) is 1. The van der Waals surface area contributed by atoms with Gasteiger partial charge in [-0.1, -0.05) is 71.7 Å². The summed E-state index contributed by atoms with van der Waals surface area (Å²) >= 11 is 12.1. The monoisotopic (exact) mass is 788 g/mol.